The van der Waals surface area contributed by atoms with E-state index in [1.165, 1.54) is 22.5 Å². The lowest BCUT2D eigenvalue weighted by Gasteiger charge is -2.31. The van der Waals surface area contributed by atoms with Crippen LogP contribution in [-0.4, -0.2) is 7.05 Å². The quantitative estimate of drug-likeness (QED) is 0.271. The third-order valence-corrected chi connectivity index (χ3v) is 7.70. The molecule has 2 aliphatic rings. The van der Waals surface area contributed by atoms with Gasteiger partial charge in [0.15, 0.2) is 0 Å². The molecule has 2 nitrogen and oxygen atoms in total. The van der Waals surface area contributed by atoms with Crippen molar-refractivity contribution in [2.45, 2.75) is 26.7 Å². The van der Waals surface area contributed by atoms with Gasteiger partial charge in [0, 0.05) is 41.4 Å². The minimum Gasteiger partial charge on any atom is -0.345 e. The third-order valence-electron chi connectivity index (χ3n) is 7.70. The number of benzene rings is 3. The van der Waals surface area contributed by atoms with Crippen LogP contribution in [0.5, 0.6) is 0 Å². The van der Waals surface area contributed by atoms with Gasteiger partial charge in [-0.3, -0.25) is 0 Å². The molecule has 2 heteroatoms. The summed E-state index contributed by atoms with van der Waals surface area (Å²) in [6.45, 7) is 8.32. The molecule has 0 saturated carbocycles. The summed E-state index contributed by atoms with van der Waals surface area (Å²) in [5.41, 5.74) is 10.8. The van der Waals surface area contributed by atoms with Crippen LogP contribution in [0.1, 0.15) is 37.8 Å². The summed E-state index contributed by atoms with van der Waals surface area (Å²) in [6.07, 6.45) is 23.7. The van der Waals surface area contributed by atoms with E-state index < -0.39 is 0 Å². The van der Waals surface area contributed by atoms with Gasteiger partial charge in [-0.15, -0.1) is 0 Å². The standard InChI is InChI=1S/C38H38N2/c1-5-30(6-2)32-18-14-21-37(28-32)40(38-22-12-7-9-15-29(38)3)35-25-23-34(24-26-35)39(4)36-20-13-19-33(27-36)31-16-10-8-11-17-31/h5-10,12-16,18-29H,1,11,17H2,2-4H3/b30-6+. The summed E-state index contributed by atoms with van der Waals surface area (Å²) >= 11 is 0. The van der Waals surface area contributed by atoms with E-state index in [0.29, 0.717) is 0 Å². The summed E-state index contributed by atoms with van der Waals surface area (Å²) in [6, 6.07) is 26.5. The van der Waals surface area contributed by atoms with Crippen LogP contribution in [0.15, 0.2) is 146 Å². The van der Waals surface area contributed by atoms with Crippen molar-refractivity contribution in [2.75, 3.05) is 16.8 Å². The molecule has 0 radical (unpaired) electrons. The average Bonchev–Trinajstić information content (AvgIpc) is 3.23. The van der Waals surface area contributed by atoms with Gasteiger partial charge in [-0.2, -0.15) is 0 Å². The SMILES string of the molecule is C=C/C(=C\C)c1cccc(N(C2=CC=CC=CC2C)c2ccc(N(C)c3cccc(C4=CC=CCC4)c3)cc2)c1. The fourth-order valence-electron chi connectivity index (χ4n) is 5.38. The van der Waals surface area contributed by atoms with Crippen LogP contribution < -0.4 is 9.80 Å². The molecule has 0 saturated heterocycles. The molecule has 0 bridgehead atoms. The third kappa shape index (κ3) is 5.87. The van der Waals surface area contributed by atoms with Gasteiger partial charge in [-0.05, 0) is 96.6 Å². The maximum Gasteiger partial charge on any atom is 0.0464 e. The second-order valence-electron chi connectivity index (χ2n) is 10.3. The molecule has 0 spiro atoms. The molecular formula is C38H38N2. The van der Waals surface area contributed by atoms with E-state index in [-0.39, 0.29) is 5.92 Å². The van der Waals surface area contributed by atoms with Crippen molar-refractivity contribution >= 4 is 33.9 Å². The van der Waals surface area contributed by atoms with Gasteiger partial charge in [0.25, 0.3) is 0 Å². The Hall–Kier alpha value is -4.56. The highest BCUT2D eigenvalue weighted by molar-refractivity contribution is 5.79. The topological polar surface area (TPSA) is 6.48 Å². The Balaban J connectivity index is 1.50. The number of allylic oxidation sites excluding steroid dienone is 12. The smallest absolute Gasteiger partial charge is 0.0464 e. The summed E-state index contributed by atoms with van der Waals surface area (Å²) in [7, 11) is 2.14. The van der Waals surface area contributed by atoms with E-state index >= 15 is 0 Å². The van der Waals surface area contributed by atoms with Gasteiger partial charge < -0.3 is 9.80 Å². The maximum atomic E-state index is 4.02. The summed E-state index contributed by atoms with van der Waals surface area (Å²) in [4.78, 5) is 4.64. The molecule has 0 heterocycles. The molecule has 2 aliphatic carbocycles. The molecular weight excluding hydrogens is 484 g/mol. The summed E-state index contributed by atoms with van der Waals surface area (Å²) in [5, 5.41) is 0. The molecule has 3 aromatic rings. The Morgan fingerprint density at radius 3 is 2.35 bits per heavy atom. The largest absolute Gasteiger partial charge is 0.345 e. The van der Waals surface area contributed by atoms with Crippen molar-refractivity contribution in [1.29, 1.82) is 0 Å². The molecule has 0 N–H and O–H groups in total. The van der Waals surface area contributed by atoms with Gasteiger partial charge in [0.2, 0.25) is 0 Å². The molecule has 0 amide bonds. The number of hydrogen-bond acceptors (Lipinski definition) is 2. The van der Waals surface area contributed by atoms with E-state index in [1.807, 2.05) is 6.08 Å². The highest BCUT2D eigenvalue weighted by Crippen LogP contribution is 2.37. The Bertz CT molecular complexity index is 1540. The number of hydrogen-bond donors (Lipinski definition) is 0. The van der Waals surface area contributed by atoms with E-state index in [4.69, 9.17) is 0 Å². The van der Waals surface area contributed by atoms with Gasteiger partial charge in [0.1, 0.15) is 0 Å². The molecule has 3 aromatic carbocycles. The zero-order valence-electron chi connectivity index (χ0n) is 23.8. The zero-order chi connectivity index (χ0) is 27.9. The first-order valence-corrected chi connectivity index (χ1v) is 14.1. The van der Waals surface area contributed by atoms with Gasteiger partial charge in [0.05, 0.1) is 0 Å². The van der Waals surface area contributed by atoms with Crippen molar-refractivity contribution in [3.05, 3.63) is 157 Å². The van der Waals surface area contributed by atoms with E-state index in [1.54, 1.807) is 0 Å². The Labute approximate surface area is 240 Å². The van der Waals surface area contributed by atoms with Crippen molar-refractivity contribution < 1.29 is 0 Å². The van der Waals surface area contributed by atoms with Crippen molar-refractivity contribution in [3.8, 4) is 0 Å². The summed E-state index contributed by atoms with van der Waals surface area (Å²) in [5.74, 6) is 0.258. The normalized spacial score (nSPS) is 16.7. The minimum atomic E-state index is 0.258. The average molecular weight is 523 g/mol. The van der Waals surface area contributed by atoms with Crippen LogP contribution in [0.4, 0.5) is 22.7 Å². The monoisotopic (exact) mass is 522 g/mol. The predicted molar refractivity (Wildman–Crippen MR) is 175 cm³/mol. The zero-order valence-corrected chi connectivity index (χ0v) is 23.8. The second kappa shape index (κ2) is 12.5. The fourth-order valence-corrected chi connectivity index (χ4v) is 5.38. The Kier molecular flexibility index (Phi) is 8.47. The molecule has 0 aliphatic heterocycles. The van der Waals surface area contributed by atoms with Crippen LogP contribution in [-0.2, 0) is 0 Å². The minimum absolute atomic E-state index is 0.258. The van der Waals surface area contributed by atoms with Crippen LogP contribution >= 0.6 is 0 Å². The van der Waals surface area contributed by atoms with Crippen molar-refractivity contribution in [1.82, 2.24) is 0 Å². The van der Waals surface area contributed by atoms with E-state index in [2.05, 4.69) is 165 Å². The highest BCUT2D eigenvalue weighted by atomic mass is 15.2. The maximum absolute atomic E-state index is 4.02. The number of anilines is 4. The van der Waals surface area contributed by atoms with E-state index in [9.17, 15) is 0 Å². The van der Waals surface area contributed by atoms with Gasteiger partial charge in [-0.25, -0.2) is 0 Å². The lowest BCUT2D eigenvalue weighted by Crippen LogP contribution is -2.21. The molecule has 0 fully saturated rings. The number of rotatable bonds is 8. The first kappa shape index (κ1) is 27.0. The first-order chi connectivity index (χ1) is 19.6. The van der Waals surface area contributed by atoms with Crippen molar-refractivity contribution in [3.63, 3.8) is 0 Å². The Morgan fingerprint density at radius 1 is 0.825 bits per heavy atom. The lowest BCUT2D eigenvalue weighted by molar-refractivity contribution is 0.830. The van der Waals surface area contributed by atoms with E-state index in [0.717, 1.165) is 41.0 Å². The molecule has 1 atom stereocenters. The fraction of sp³-hybridized carbons (Fsp3) is 0.158. The molecule has 40 heavy (non-hydrogen) atoms. The van der Waals surface area contributed by atoms with Crippen molar-refractivity contribution in [2.24, 2.45) is 5.92 Å². The molecule has 1 unspecified atom stereocenters. The number of nitrogens with zero attached hydrogens (tertiary/aromatic N) is 2. The van der Waals surface area contributed by atoms with Gasteiger partial charge in [-0.1, -0.05) is 92.5 Å². The molecule has 0 aromatic heterocycles. The second-order valence-corrected chi connectivity index (χ2v) is 10.3. The highest BCUT2D eigenvalue weighted by Gasteiger charge is 2.20. The lowest BCUT2D eigenvalue weighted by atomic mass is 9.97. The van der Waals surface area contributed by atoms with Gasteiger partial charge >= 0.3 is 0 Å². The van der Waals surface area contributed by atoms with Crippen LogP contribution in [0.2, 0.25) is 0 Å². The van der Waals surface area contributed by atoms with Crippen LogP contribution in [0.3, 0.4) is 0 Å². The predicted octanol–water partition coefficient (Wildman–Crippen LogP) is 10.6. The summed E-state index contributed by atoms with van der Waals surface area (Å²) < 4.78 is 0. The molecule has 200 valence electrons. The van der Waals surface area contributed by atoms with Crippen LogP contribution in [0.25, 0.3) is 11.1 Å². The van der Waals surface area contributed by atoms with Crippen LogP contribution in [0, 0.1) is 5.92 Å². The first-order valence-electron chi connectivity index (χ1n) is 14.1. The molecule has 5 rings (SSSR count). The Morgan fingerprint density at radius 2 is 1.60 bits per heavy atom.